The highest BCUT2D eigenvalue weighted by Crippen LogP contribution is 2.57. The molecule has 0 unspecified atom stereocenters. The molecule has 6 rings (SSSR count). The Hall–Kier alpha value is -2.69. The van der Waals surface area contributed by atoms with Gasteiger partial charge in [0.25, 0.3) is 0 Å². The maximum atomic E-state index is 12.9. The minimum absolute atomic E-state index is 0.0793. The topological polar surface area (TPSA) is 70.0 Å². The molecule has 4 saturated carbocycles. The zero-order chi connectivity index (χ0) is 20.2. The van der Waals surface area contributed by atoms with Gasteiger partial charge in [-0.15, -0.1) is 0 Å². The standard InChI is InChI=1S/C24H27NO4/c1-25(21-11-20(26)6-7-22(21)27)19-4-2-18(3-5-19)23(28)29-24-12-15-8-16(13-24)10-17(9-15)14-24/h2-7,11,15-17,26-27H,8-10,12-14H2,1H3. The summed E-state index contributed by atoms with van der Waals surface area (Å²) < 4.78 is 6.13. The second-order valence-corrected chi connectivity index (χ2v) is 9.27. The van der Waals surface area contributed by atoms with Crippen molar-refractivity contribution in [3.63, 3.8) is 0 Å². The molecule has 0 amide bonds. The summed E-state index contributed by atoms with van der Waals surface area (Å²) >= 11 is 0. The summed E-state index contributed by atoms with van der Waals surface area (Å²) in [6.45, 7) is 0. The van der Waals surface area contributed by atoms with E-state index in [0.717, 1.165) is 42.7 Å². The first-order valence-electron chi connectivity index (χ1n) is 10.5. The van der Waals surface area contributed by atoms with Crippen LogP contribution in [0.2, 0.25) is 0 Å². The van der Waals surface area contributed by atoms with Crippen molar-refractivity contribution in [3.8, 4) is 11.5 Å². The van der Waals surface area contributed by atoms with Crippen molar-refractivity contribution >= 4 is 17.3 Å². The van der Waals surface area contributed by atoms with E-state index >= 15 is 0 Å². The summed E-state index contributed by atoms with van der Waals surface area (Å²) in [4.78, 5) is 14.6. The Kier molecular flexibility index (Phi) is 4.23. The van der Waals surface area contributed by atoms with Crippen LogP contribution < -0.4 is 4.90 Å². The summed E-state index contributed by atoms with van der Waals surface area (Å²) in [6, 6.07) is 11.6. The van der Waals surface area contributed by atoms with E-state index in [1.165, 1.54) is 37.5 Å². The third-order valence-electron chi connectivity index (χ3n) is 7.10. The minimum Gasteiger partial charge on any atom is -0.508 e. The van der Waals surface area contributed by atoms with Gasteiger partial charge in [-0.05, 0) is 92.7 Å². The average molecular weight is 393 g/mol. The molecular weight excluding hydrogens is 366 g/mol. The lowest BCUT2D eigenvalue weighted by molar-refractivity contribution is -0.131. The van der Waals surface area contributed by atoms with Crippen molar-refractivity contribution in [3.05, 3.63) is 48.0 Å². The largest absolute Gasteiger partial charge is 0.508 e. The van der Waals surface area contributed by atoms with Crippen LogP contribution in [0.1, 0.15) is 48.9 Å². The lowest BCUT2D eigenvalue weighted by atomic mass is 9.54. The van der Waals surface area contributed by atoms with E-state index in [2.05, 4.69) is 0 Å². The number of rotatable bonds is 4. The molecule has 0 aromatic heterocycles. The molecule has 152 valence electrons. The Balaban J connectivity index is 1.31. The lowest BCUT2D eigenvalue weighted by Gasteiger charge is -2.55. The van der Waals surface area contributed by atoms with Crippen LogP contribution in [0.3, 0.4) is 0 Å². The number of esters is 1. The number of phenolic OH excluding ortho intramolecular Hbond substituents is 2. The van der Waals surface area contributed by atoms with Gasteiger partial charge in [-0.2, -0.15) is 0 Å². The van der Waals surface area contributed by atoms with Crippen LogP contribution in [-0.2, 0) is 4.74 Å². The molecule has 4 aliphatic carbocycles. The number of aromatic hydroxyl groups is 2. The number of ether oxygens (including phenoxy) is 1. The van der Waals surface area contributed by atoms with Crippen LogP contribution in [0.4, 0.5) is 11.4 Å². The normalized spacial score (nSPS) is 29.6. The molecule has 0 atom stereocenters. The first-order chi connectivity index (χ1) is 13.9. The predicted octanol–water partition coefficient (Wildman–Crippen LogP) is 4.99. The fourth-order valence-electron chi connectivity index (χ4n) is 6.15. The first-order valence-corrected chi connectivity index (χ1v) is 10.5. The number of benzene rings is 2. The Morgan fingerprint density at radius 3 is 2.14 bits per heavy atom. The third-order valence-corrected chi connectivity index (χ3v) is 7.10. The lowest BCUT2D eigenvalue weighted by Crippen LogP contribution is -2.52. The van der Waals surface area contributed by atoms with Gasteiger partial charge in [-0.1, -0.05) is 0 Å². The number of hydrogen-bond donors (Lipinski definition) is 2. The second-order valence-electron chi connectivity index (χ2n) is 9.27. The second kappa shape index (κ2) is 6.68. The predicted molar refractivity (Wildman–Crippen MR) is 111 cm³/mol. The molecule has 0 heterocycles. The average Bonchev–Trinajstić information content (AvgIpc) is 2.68. The van der Waals surface area contributed by atoms with Gasteiger partial charge in [-0.25, -0.2) is 4.79 Å². The smallest absolute Gasteiger partial charge is 0.338 e. The van der Waals surface area contributed by atoms with Crippen molar-refractivity contribution in [2.24, 2.45) is 17.8 Å². The summed E-state index contributed by atoms with van der Waals surface area (Å²) in [7, 11) is 1.80. The van der Waals surface area contributed by atoms with Crippen LogP contribution in [0, 0.1) is 17.8 Å². The van der Waals surface area contributed by atoms with E-state index in [1.807, 2.05) is 12.1 Å². The number of anilines is 2. The monoisotopic (exact) mass is 393 g/mol. The number of nitrogens with zero attached hydrogens (tertiary/aromatic N) is 1. The van der Waals surface area contributed by atoms with Crippen molar-refractivity contribution in [2.45, 2.75) is 44.1 Å². The van der Waals surface area contributed by atoms with E-state index in [0.29, 0.717) is 11.3 Å². The molecule has 0 spiro atoms. The Morgan fingerprint density at radius 2 is 1.55 bits per heavy atom. The molecule has 2 N–H and O–H groups in total. The number of carbonyl (C=O) groups excluding carboxylic acids is 1. The molecular formula is C24H27NO4. The molecule has 4 fully saturated rings. The highest BCUT2D eigenvalue weighted by molar-refractivity contribution is 5.90. The number of phenols is 2. The van der Waals surface area contributed by atoms with Crippen LogP contribution in [-0.4, -0.2) is 28.8 Å². The molecule has 0 radical (unpaired) electrons. The SMILES string of the molecule is CN(c1ccc(C(=O)OC23CC4CC(CC(C4)C2)C3)cc1)c1cc(O)ccc1O. The molecule has 0 saturated heterocycles. The summed E-state index contributed by atoms with van der Waals surface area (Å²) in [6.07, 6.45) is 7.05. The quantitative estimate of drug-likeness (QED) is 0.566. The van der Waals surface area contributed by atoms with Crippen LogP contribution >= 0.6 is 0 Å². The van der Waals surface area contributed by atoms with Gasteiger partial charge in [0.1, 0.15) is 17.1 Å². The summed E-state index contributed by atoms with van der Waals surface area (Å²) in [5.74, 6) is 2.14. The fourth-order valence-corrected chi connectivity index (χ4v) is 6.15. The highest BCUT2D eigenvalue weighted by Gasteiger charge is 2.53. The van der Waals surface area contributed by atoms with Crippen molar-refractivity contribution in [2.75, 3.05) is 11.9 Å². The number of hydrogen-bond acceptors (Lipinski definition) is 5. The molecule has 5 nitrogen and oxygen atoms in total. The Bertz CT molecular complexity index is 901. The Labute approximate surface area is 170 Å². The van der Waals surface area contributed by atoms with Crippen LogP contribution in [0.15, 0.2) is 42.5 Å². The summed E-state index contributed by atoms with van der Waals surface area (Å²) in [5, 5.41) is 19.8. The maximum absolute atomic E-state index is 12.9. The molecule has 29 heavy (non-hydrogen) atoms. The van der Waals surface area contributed by atoms with Gasteiger partial charge in [0.05, 0.1) is 11.3 Å². The molecule has 0 aliphatic heterocycles. The van der Waals surface area contributed by atoms with E-state index < -0.39 is 0 Å². The van der Waals surface area contributed by atoms with Crippen LogP contribution in [0.5, 0.6) is 11.5 Å². The zero-order valence-electron chi connectivity index (χ0n) is 16.7. The highest BCUT2D eigenvalue weighted by atomic mass is 16.6. The molecule has 4 aliphatic rings. The van der Waals surface area contributed by atoms with Gasteiger partial charge >= 0.3 is 5.97 Å². The molecule has 4 bridgehead atoms. The first kappa shape index (κ1) is 18.3. The van der Waals surface area contributed by atoms with Crippen LogP contribution in [0.25, 0.3) is 0 Å². The van der Waals surface area contributed by atoms with Gasteiger partial charge in [0.2, 0.25) is 0 Å². The van der Waals surface area contributed by atoms with Gasteiger partial charge < -0.3 is 19.8 Å². The van der Waals surface area contributed by atoms with E-state index in [9.17, 15) is 15.0 Å². The fraction of sp³-hybridized carbons (Fsp3) is 0.458. The van der Waals surface area contributed by atoms with Crippen molar-refractivity contribution in [1.29, 1.82) is 0 Å². The minimum atomic E-state index is -0.241. The molecule has 2 aromatic rings. The van der Waals surface area contributed by atoms with Gasteiger partial charge in [-0.3, -0.25) is 0 Å². The third kappa shape index (κ3) is 3.33. The zero-order valence-corrected chi connectivity index (χ0v) is 16.7. The molecule has 5 heteroatoms. The maximum Gasteiger partial charge on any atom is 0.338 e. The van der Waals surface area contributed by atoms with E-state index in [4.69, 9.17) is 4.74 Å². The van der Waals surface area contributed by atoms with E-state index in [-0.39, 0.29) is 23.1 Å². The van der Waals surface area contributed by atoms with E-state index in [1.54, 1.807) is 24.1 Å². The van der Waals surface area contributed by atoms with Gasteiger partial charge in [0.15, 0.2) is 0 Å². The van der Waals surface area contributed by atoms with Crippen molar-refractivity contribution < 1.29 is 19.7 Å². The number of carbonyl (C=O) groups is 1. The van der Waals surface area contributed by atoms with Gasteiger partial charge in [0, 0.05) is 18.8 Å². The Morgan fingerprint density at radius 1 is 0.966 bits per heavy atom. The molecule has 2 aromatic carbocycles. The van der Waals surface area contributed by atoms with Crippen molar-refractivity contribution in [1.82, 2.24) is 0 Å². The summed E-state index contributed by atoms with van der Waals surface area (Å²) in [5.41, 5.74) is 1.61.